The van der Waals surface area contributed by atoms with E-state index in [1.165, 1.54) is 0 Å². The van der Waals surface area contributed by atoms with Crippen LogP contribution in [0.3, 0.4) is 0 Å². The smallest absolute Gasteiger partial charge is 0.289 e. The zero-order valence-corrected chi connectivity index (χ0v) is 15.5. The fraction of sp³-hybridized carbons (Fsp3) is 0.158. The summed E-state index contributed by atoms with van der Waals surface area (Å²) in [5, 5.41) is 0.170. The van der Waals surface area contributed by atoms with Crippen molar-refractivity contribution in [2.75, 3.05) is 0 Å². The first kappa shape index (κ1) is 21.4. The summed E-state index contributed by atoms with van der Waals surface area (Å²) in [7, 11) is 0. The summed E-state index contributed by atoms with van der Waals surface area (Å²) in [4.78, 5) is 25.1. The highest BCUT2D eigenvalue weighted by molar-refractivity contribution is 6.31. The Morgan fingerprint density at radius 1 is 0.586 bits per heavy atom. The molecule has 0 heterocycles. The molecule has 0 bridgehead atoms. The highest BCUT2D eigenvalue weighted by Gasteiger charge is 2.82. The molecule has 0 radical (unpaired) electrons. The SMILES string of the molecule is O=C(C1=C(C(=O)c2ccc(Cl)cc2)C(F)(F)C(F)(F)C1(F)F)c1ccc(Cl)cc1. The molecule has 0 aromatic heterocycles. The van der Waals surface area contributed by atoms with Gasteiger partial charge in [0.25, 0.3) is 0 Å². The average molecular weight is 453 g/mol. The van der Waals surface area contributed by atoms with Gasteiger partial charge in [0.2, 0.25) is 0 Å². The number of rotatable bonds is 4. The number of ketones is 2. The molecule has 1 aliphatic rings. The van der Waals surface area contributed by atoms with Gasteiger partial charge in [-0.1, -0.05) is 23.2 Å². The minimum atomic E-state index is -5.99. The molecule has 0 aliphatic heterocycles. The maximum atomic E-state index is 14.4. The molecule has 0 N–H and O–H groups in total. The molecule has 3 rings (SSSR count). The third kappa shape index (κ3) is 3.14. The number of allylic oxidation sites excluding steroid dienone is 2. The summed E-state index contributed by atoms with van der Waals surface area (Å²) < 4.78 is 85.5. The predicted molar refractivity (Wildman–Crippen MR) is 93.4 cm³/mol. The predicted octanol–water partition coefficient (Wildman–Crippen LogP) is 6.28. The first-order chi connectivity index (χ1) is 13.3. The Morgan fingerprint density at radius 2 is 0.862 bits per heavy atom. The molecule has 1 aliphatic carbocycles. The largest absolute Gasteiger partial charge is 0.380 e. The van der Waals surface area contributed by atoms with Crippen molar-refractivity contribution < 1.29 is 35.9 Å². The zero-order valence-electron chi connectivity index (χ0n) is 14.0. The Morgan fingerprint density at radius 3 is 1.14 bits per heavy atom. The molecule has 29 heavy (non-hydrogen) atoms. The third-order valence-corrected chi connectivity index (χ3v) is 4.84. The molecule has 2 aromatic rings. The Balaban J connectivity index is 2.27. The van der Waals surface area contributed by atoms with Crippen molar-refractivity contribution in [3.05, 3.63) is 80.8 Å². The first-order valence-corrected chi connectivity index (χ1v) is 8.57. The van der Waals surface area contributed by atoms with Gasteiger partial charge >= 0.3 is 17.8 Å². The zero-order chi connectivity index (χ0) is 21.8. The van der Waals surface area contributed by atoms with Crippen LogP contribution in [0, 0.1) is 0 Å². The van der Waals surface area contributed by atoms with Crippen LogP contribution in [0.4, 0.5) is 26.3 Å². The van der Waals surface area contributed by atoms with Gasteiger partial charge in [-0.3, -0.25) is 9.59 Å². The van der Waals surface area contributed by atoms with Crippen LogP contribution in [0.2, 0.25) is 10.0 Å². The van der Waals surface area contributed by atoms with E-state index in [9.17, 15) is 35.9 Å². The van der Waals surface area contributed by atoms with Gasteiger partial charge in [-0.25, -0.2) is 0 Å². The number of hydrogen-bond donors (Lipinski definition) is 0. The van der Waals surface area contributed by atoms with E-state index in [0.29, 0.717) is 0 Å². The van der Waals surface area contributed by atoms with Gasteiger partial charge in [0.15, 0.2) is 11.6 Å². The van der Waals surface area contributed by atoms with Gasteiger partial charge in [-0.15, -0.1) is 0 Å². The van der Waals surface area contributed by atoms with Gasteiger partial charge in [-0.2, -0.15) is 26.3 Å². The summed E-state index contributed by atoms with van der Waals surface area (Å²) in [5.74, 6) is -20.8. The van der Waals surface area contributed by atoms with Crippen LogP contribution < -0.4 is 0 Å². The number of benzene rings is 2. The molecule has 2 nitrogen and oxygen atoms in total. The average Bonchev–Trinajstić information content (AvgIpc) is 2.75. The van der Waals surface area contributed by atoms with Crippen LogP contribution in [0.5, 0.6) is 0 Å². The topological polar surface area (TPSA) is 34.1 Å². The van der Waals surface area contributed by atoms with E-state index in [2.05, 4.69) is 0 Å². The molecule has 0 unspecified atom stereocenters. The Bertz CT molecular complexity index is 946. The molecular weight excluding hydrogens is 445 g/mol. The van der Waals surface area contributed by atoms with E-state index in [4.69, 9.17) is 23.2 Å². The highest BCUT2D eigenvalue weighted by atomic mass is 35.5. The highest BCUT2D eigenvalue weighted by Crippen LogP contribution is 2.60. The van der Waals surface area contributed by atoms with Gasteiger partial charge in [0, 0.05) is 21.2 Å². The minimum Gasteiger partial charge on any atom is -0.289 e. The van der Waals surface area contributed by atoms with Gasteiger partial charge in [0.1, 0.15) is 0 Å². The fourth-order valence-electron chi connectivity index (χ4n) is 2.83. The van der Waals surface area contributed by atoms with Gasteiger partial charge in [-0.05, 0) is 48.5 Å². The van der Waals surface area contributed by atoms with Gasteiger partial charge in [0.05, 0.1) is 11.1 Å². The monoisotopic (exact) mass is 452 g/mol. The molecule has 10 heteroatoms. The molecular formula is C19H8Cl2F6O2. The number of carbonyl (C=O) groups excluding carboxylic acids is 2. The number of carbonyl (C=O) groups is 2. The Kier molecular flexibility index (Phi) is 5.07. The van der Waals surface area contributed by atoms with E-state index in [0.717, 1.165) is 48.5 Å². The van der Waals surface area contributed by atoms with E-state index in [1.54, 1.807) is 0 Å². The van der Waals surface area contributed by atoms with Crippen LogP contribution in [-0.4, -0.2) is 29.3 Å². The van der Waals surface area contributed by atoms with E-state index in [-0.39, 0.29) is 10.0 Å². The Hall–Kier alpha value is -2.32. The van der Waals surface area contributed by atoms with Gasteiger partial charge < -0.3 is 0 Å². The lowest BCUT2D eigenvalue weighted by Crippen LogP contribution is -2.50. The number of Topliss-reactive ketones (excluding diaryl/α,β-unsaturated/α-hetero) is 2. The maximum Gasteiger partial charge on any atom is 0.380 e. The molecule has 0 spiro atoms. The molecule has 152 valence electrons. The number of halogens is 8. The van der Waals surface area contributed by atoms with Crippen LogP contribution in [0.25, 0.3) is 0 Å². The first-order valence-electron chi connectivity index (χ1n) is 7.81. The molecule has 0 atom stereocenters. The van der Waals surface area contributed by atoms with E-state index < -0.39 is 51.6 Å². The van der Waals surface area contributed by atoms with Crippen LogP contribution in [-0.2, 0) is 0 Å². The molecule has 0 saturated carbocycles. The minimum absolute atomic E-state index is 0.0850. The van der Waals surface area contributed by atoms with Crippen molar-refractivity contribution in [2.45, 2.75) is 17.8 Å². The summed E-state index contributed by atoms with van der Waals surface area (Å²) in [6.45, 7) is 0. The summed E-state index contributed by atoms with van der Waals surface area (Å²) >= 11 is 11.2. The van der Waals surface area contributed by atoms with Crippen LogP contribution >= 0.6 is 23.2 Å². The summed E-state index contributed by atoms with van der Waals surface area (Å²) in [5.41, 5.74) is -5.73. The third-order valence-electron chi connectivity index (χ3n) is 4.33. The fourth-order valence-corrected chi connectivity index (χ4v) is 3.08. The lowest BCUT2D eigenvalue weighted by molar-refractivity contribution is -0.263. The van der Waals surface area contributed by atoms with Crippen LogP contribution in [0.1, 0.15) is 20.7 Å². The Labute approximate surface area is 169 Å². The van der Waals surface area contributed by atoms with E-state index in [1.807, 2.05) is 0 Å². The molecule has 0 amide bonds. The number of alkyl halides is 6. The second kappa shape index (κ2) is 6.88. The van der Waals surface area contributed by atoms with Crippen molar-refractivity contribution in [3.8, 4) is 0 Å². The standard InChI is InChI=1S/C19H8Cl2F6O2/c20-11-5-1-9(2-6-11)15(28)13-14(16(29)10-3-7-12(21)8-4-10)18(24,25)19(26,27)17(13,22)23/h1-8H. The quantitative estimate of drug-likeness (QED) is 0.404. The normalized spacial score (nSPS) is 19.3. The van der Waals surface area contributed by atoms with Crippen molar-refractivity contribution in [3.63, 3.8) is 0 Å². The second-order valence-corrected chi connectivity index (χ2v) is 7.02. The summed E-state index contributed by atoms with van der Waals surface area (Å²) in [6.07, 6.45) is 0. The lowest BCUT2D eigenvalue weighted by Gasteiger charge is -2.25. The van der Waals surface area contributed by atoms with Crippen molar-refractivity contribution in [1.29, 1.82) is 0 Å². The molecule has 2 aromatic carbocycles. The molecule has 0 saturated heterocycles. The second-order valence-electron chi connectivity index (χ2n) is 6.15. The molecule has 0 fully saturated rings. The summed E-state index contributed by atoms with van der Waals surface area (Å²) in [6, 6.07) is 7.91. The van der Waals surface area contributed by atoms with E-state index >= 15 is 0 Å². The van der Waals surface area contributed by atoms with Crippen molar-refractivity contribution >= 4 is 34.8 Å². The number of hydrogen-bond acceptors (Lipinski definition) is 2. The maximum absolute atomic E-state index is 14.4. The van der Waals surface area contributed by atoms with Crippen LogP contribution in [0.15, 0.2) is 59.7 Å². The van der Waals surface area contributed by atoms with Crippen molar-refractivity contribution in [2.24, 2.45) is 0 Å². The lowest BCUT2D eigenvalue weighted by atomic mass is 9.93. The van der Waals surface area contributed by atoms with Crippen molar-refractivity contribution in [1.82, 2.24) is 0 Å².